The van der Waals surface area contributed by atoms with E-state index in [0.717, 1.165) is 0 Å². The van der Waals surface area contributed by atoms with Crippen LogP contribution >= 0.6 is 0 Å². The zero-order chi connectivity index (χ0) is 40.6. The number of benzene rings is 10. The first-order valence-electron chi connectivity index (χ1n) is 21.6. The summed E-state index contributed by atoms with van der Waals surface area (Å²) in [5.41, 5.74) is 27.0. The van der Waals surface area contributed by atoms with Crippen molar-refractivity contribution < 1.29 is 0 Å². The van der Waals surface area contributed by atoms with Gasteiger partial charge in [0.15, 0.2) is 0 Å². The van der Waals surface area contributed by atoms with Gasteiger partial charge < -0.3 is 0 Å². The summed E-state index contributed by atoms with van der Waals surface area (Å²) in [6.07, 6.45) is 0. The molecule has 2 heteroatoms. The van der Waals surface area contributed by atoms with Crippen LogP contribution in [0.25, 0.3) is 76.8 Å². The number of hydrogen-bond acceptors (Lipinski definition) is 0. The highest BCUT2D eigenvalue weighted by Gasteiger charge is 2.39. The predicted molar refractivity (Wildman–Crippen MR) is 263 cm³/mol. The van der Waals surface area contributed by atoms with Crippen molar-refractivity contribution >= 4 is 78.5 Å². The molecule has 0 nitrogen and oxygen atoms in total. The molecule has 0 atom stereocenters. The molecule has 60 heavy (non-hydrogen) atoms. The van der Waals surface area contributed by atoms with Gasteiger partial charge in [0, 0.05) is 0 Å². The first-order valence-corrected chi connectivity index (χ1v) is 21.6. The van der Waals surface area contributed by atoms with Crippen LogP contribution in [0.3, 0.4) is 0 Å². The summed E-state index contributed by atoms with van der Waals surface area (Å²) in [4.78, 5) is 0. The Labute approximate surface area is 354 Å². The first-order chi connectivity index (χ1) is 29.3. The first kappa shape index (κ1) is 35.3. The van der Waals surface area contributed by atoms with E-state index in [1.165, 1.54) is 143 Å². The van der Waals surface area contributed by atoms with Crippen LogP contribution in [0.4, 0.5) is 0 Å². The summed E-state index contributed by atoms with van der Waals surface area (Å²) < 4.78 is 0. The van der Waals surface area contributed by atoms with Crippen molar-refractivity contribution in [3.8, 4) is 44.5 Å². The van der Waals surface area contributed by atoms with Crippen LogP contribution in [-0.2, 0) is 0 Å². The minimum absolute atomic E-state index is 0.0884. The summed E-state index contributed by atoms with van der Waals surface area (Å²) in [5, 5.41) is 8.28. The summed E-state index contributed by atoms with van der Waals surface area (Å²) in [5.74, 6) is 0. The second-order valence-corrected chi connectivity index (χ2v) is 17.9. The van der Waals surface area contributed by atoms with Crippen molar-refractivity contribution in [2.45, 2.75) is 41.5 Å². The average molecular weight is 763 g/mol. The standard InChI is InChI=1S/C58H44B2/c1-33-25-35(3)57(36(4)26-33)59-49-23-15-13-21-41(49)45-29-44(40-19-11-8-12-20-40)48-32-52-54-46(42-22-14-16-24-50(42)60(52)58-37(5)27-34(2)28-38(58)6)30-43(39-17-9-7-10-18-39)47-31-51(59)53(45)55(48)56(47)54/h7-32H,1-6H3. The number of hydrogen-bond donors (Lipinski definition) is 0. The van der Waals surface area contributed by atoms with Crippen LogP contribution in [-0.4, -0.2) is 13.4 Å². The van der Waals surface area contributed by atoms with E-state index in [1.807, 2.05) is 0 Å². The molecule has 10 aromatic rings. The summed E-state index contributed by atoms with van der Waals surface area (Å²) in [6, 6.07) is 60.8. The van der Waals surface area contributed by atoms with Crippen LogP contribution in [0.1, 0.15) is 33.4 Å². The van der Waals surface area contributed by atoms with Gasteiger partial charge in [0.2, 0.25) is 13.4 Å². The lowest BCUT2D eigenvalue weighted by Crippen LogP contribution is -2.57. The Morgan fingerprint density at radius 3 is 1.02 bits per heavy atom. The maximum atomic E-state index is 2.63. The Bertz CT molecular complexity index is 3150. The van der Waals surface area contributed by atoms with E-state index in [4.69, 9.17) is 0 Å². The Morgan fingerprint density at radius 2 is 0.633 bits per heavy atom. The van der Waals surface area contributed by atoms with Gasteiger partial charge in [-0.15, -0.1) is 0 Å². The molecular weight excluding hydrogens is 718 g/mol. The number of fused-ring (bicyclic) bond motifs is 4. The van der Waals surface area contributed by atoms with Crippen LogP contribution in [0.2, 0.25) is 0 Å². The van der Waals surface area contributed by atoms with Crippen LogP contribution < -0.4 is 32.8 Å². The molecular formula is C58H44B2. The highest BCUT2D eigenvalue weighted by Crippen LogP contribution is 2.49. The van der Waals surface area contributed by atoms with Crippen molar-refractivity contribution in [2.24, 2.45) is 0 Å². The van der Waals surface area contributed by atoms with Crippen molar-refractivity contribution in [1.29, 1.82) is 0 Å². The van der Waals surface area contributed by atoms with E-state index in [2.05, 4.69) is 199 Å². The van der Waals surface area contributed by atoms with E-state index >= 15 is 0 Å². The third-order valence-electron chi connectivity index (χ3n) is 14.1. The van der Waals surface area contributed by atoms with Gasteiger partial charge in [-0.2, -0.15) is 0 Å². The van der Waals surface area contributed by atoms with Gasteiger partial charge in [-0.3, -0.25) is 0 Å². The van der Waals surface area contributed by atoms with Gasteiger partial charge in [-0.1, -0.05) is 212 Å². The molecule has 10 aromatic carbocycles. The maximum absolute atomic E-state index is 2.63. The van der Waals surface area contributed by atoms with Crippen molar-refractivity contribution in [3.05, 3.63) is 191 Å². The second-order valence-electron chi connectivity index (χ2n) is 17.9. The Morgan fingerprint density at radius 1 is 0.283 bits per heavy atom. The lowest BCUT2D eigenvalue weighted by atomic mass is 9.31. The van der Waals surface area contributed by atoms with Crippen molar-refractivity contribution in [1.82, 2.24) is 0 Å². The minimum Gasteiger partial charge on any atom is -0.0664 e. The quantitative estimate of drug-likeness (QED) is 0.124. The van der Waals surface area contributed by atoms with E-state index in [9.17, 15) is 0 Å². The molecule has 0 aliphatic carbocycles. The summed E-state index contributed by atoms with van der Waals surface area (Å²) in [6.45, 7) is 13.9. The van der Waals surface area contributed by atoms with Crippen LogP contribution in [0.15, 0.2) is 158 Å². The van der Waals surface area contributed by atoms with Crippen molar-refractivity contribution in [3.63, 3.8) is 0 Å². The number of aryl methyl sites for hydroxylation is 6. The molecule has 0 unspecified atom stereocenters. The van der Waals surface area contributed by atoms with Crippen LogP contribution in [0, 0.1) is 41.5 Å². The molecule has 0 aromatic heterocycles. The van der Waals surface area contributed by atoms with Gasteiger partial charge in [-0.25, -0.2) is 0 Å². The average Bonchev–Trinajstić information content (AvgIpc) is 3.25. The van der Waals surface area contributed by atoms with Gasteiger partial charge in [0.05, 0.1) is 0 Å². The molecule has 0 N–H and O–H groups in total. The topological polar surface area (TPSA) is 0 Å². The molecule has 0 saturated carbocycles. The molecule has 2 aliphatic rings. The van der Waals surface area contributed by atoms with E-state index < -0.39 is 0 Å². The highest BCUT2D eigenvalue weighted by molar-refractivity contribution is 7.00. The largest absolute Gasteiger partial charge is 0.243 e. The van der Waals surface area contributed by atoms with Gasteiger partial charge in [0.25, 0.3) is 0 Å². The Balaban J connectivity index is 1.36. The van der Waals surface area contributed by atoms with Crippen molar-refractivity contribution in [2.75, 3.05) is 0 Å². The molecule has 2 aliphatic heterocycles. The molecule has 0 fully saturated rings. The minimum atomic E-state index is 0.0884. The maximum Gasteiger partial charge on any atom is 0.243 e. The zero-order valence-electron chi connectivity index (χ0n) is 35.2. The third-order valence-corrected chi connectivity index (χ3v) is 14.1. The monoisotopic (exact) mass is 762 g/mol. The van der Waals surface area contributed by atoms with E-state index in [0.29, 0.717) is 0 Å². The van der Waals surface area contributed by atoms with Gasteiger partial charge in [-0.05, 0) is 131 Å². The van der Waals surface area contributed by atoms with E-state index in [-0.39, 0.29) is 13.4 Å². The lowest BCUT2D eigenvalue weighted by Gasteiger charge is -2.35. The molecule has 0 amide bonds. The molecule has 0 radical (unpaired) electrons. The normalized spacial score (nSPS) is 12.8. The fourth-order valence-corrected chi connectivity index (χ4v) is 12.1. The fourth-order valence-electron chi connectivity index (χ4n) is 12.1. The summed E-state index contributed by atoms with van der Waals surface area (Å²) >= 11 is 0. The smallest absolute Gasteiger partial charge is 0.0664 e. The number of rotatable bonds is 4. The fraction of sp³-hybridized carbons (Fsp3) is 0.103. The molecule has 0 spiro atoms. The lowest BCUT2D eigenvalue weighted by molar-refractivity contribution is 1.35. The Hall–Kier alpha value is -6.63. The highest BCUT2D eigenvalue weighted by atomic mass is 14.3. The van der Waals surface area contributed by atoms with Gasteiger partial charge in [0.1, 0.15) is 0 Å². The van der Waals surface area contributed by atoms with E-state index in [1.54, 1.807) is 0 Å². The Kier molecular flexibility index (Phi) is 7.61. The molecule has 2 heterocycles. The summed E-state index contributed by atoms with van der Waals surface area (Å²) in [7, 11) is 0. The molecule has 282 valence electrons. The zero-order valence-corrected chi connectivity index (χ0v) is 35.2. The second kappa shape index (κ2) is 12.9. The third kappa shape index (κ3) is 4.88. The predicted octanol–water partition coefficient (Wildman–Crippen LogP) is 10.8. The molecule has 0 bridgehead atoms. The van der Waals surface area contributed by atoms with Gasteiger partial charge >= 0.3 is 0 Å². The molecule has 12 rings (SSSR count). The van der Waals surface area contributed by atoms with Crippen LogP contribution in [0.5, 0.6) is 0 Å². The molecule has 0 saturated heterocycles. The SMILES string of the molecule is Cc1cc(C)c(B2c3ccccc3-c3cc(-c4ccccc4)c4cc5c6c(cc(-c7ccccc7)c7cc2c3c4c76)-c2ccccc2B5c2c(C)cc(C)cc2C)c(C)c1.